The van der Waals surface area contributed by atoms with Gasteiger partial charge in [-0.1, -0.05) is 26.0 Å². The number of carboxylic acids is 1. The van der Waals surface area contributed by atoms with Crippen LogP contribution in [0.15, 0.2) is 6.20 Å². The topological polar surface area (TPSA) is 68.0 Å². The molecule has 0 radical (unpaired) electrons. The summed E-state index contributed by atoms with van der Waals surface area (Å²) in [5.74, 6) is -0.923. The number of aromatic nitrogens is 3. The standard InChI is InChI=1S/C10H17N3O2/c1-9(2,3)7-6-13(12-11-7)10(4,5)8(14)15/h6H,1-5H3,(H,14,15). The minimum atomic E-state index is -1.06. The quantitative estimate of drug-likeness (QED) is 0.802. The molecule has 0 aliphatic carbocycles. The van der Waals surface area contributed by atoms with Crippen molar-refractivity contribution in [2.45, 2.75) is 45.6 Å². The average Bonchev–Trinajstić information content (AvgIpc) is 2.50. The zero-order chi connectivity index (χ0) is 11.9. The molecule has 15 heavy (non-hydrogen) atoms. The largest absolute Gasteiger partial charge is 0.479 e. The first kappa shape index (κ1) is 11.7. The van der Waals surface area contributed by atoms with E-state index in [1.54, 1.807) is 20.0 Å². The van der Waals surface area contributed by atoms with Crippen LogP contribution < -0.4 is 0 Å². The molecule has 0 atom stereocenters. The smallest absolute Gasteiger partial charge is 0.331 e. The maximum Gasteiger partial charge on any atom is 0.331 e. The predicted octanol–water partition coefficient (Wildman–Crippen LogP) is 1.40. The Morgan fingerprint density at radius 1 is 1.33 bits per heavy atom. The third-order valence-corrected chi connectivity index (χ3v) is 2.36. The lowest BCUT2D eigenvalue weighted by Crippen LogP contribution is -2.36. The monoisotopic (exact) mass is 211 g/mol. The summed E-state index contributed by atoms with van der Waals surface area (Å²) in [5.41, 5.74) is -0.389. The van der Waals surface area contributed by atoms with E-state index in [-0.39, 0.29) is 5.41 Å². The first-order valence-corrected chi connectivity index (χ1v) is 4.82. The summed E-state index contributed by atoms with van der Waals surface area (Å²) in [7, 11) is 0. The molecule has 1 heterocycles. The minimum absolute atomic E-state index is 0.118. The Morgan fingerprint density at radius 3 is 2.20 bits per heavy atom. The Morgan fingerprint density at radius 2 is 1.87 bits per heavy atom. The predicted molar refractivity (Wildman–Crippen MR) is 55.7 cm³/mol. The molecule has 0 aliphatic rings. The molecule has 1 aromatic rings. The molecule has 5 nitrogen and oxygen atoms in total. The second-order valence-electron chi connectivity index (χ2n) is 5.16. The molecular weight excluding hydrogens is 194 g/mol. The van der Waals surface area contributed by atoms with E-state index in [0.29, 0.717) is 0 Å². The van der Waals surface area contributed by atoms with E-state index in [1.807, 2.05) is 20.8 Å². The summed E-state index contributed by atoms with van der Waals surface area (Å²) in [4.78, 5) is 11.0. The van der Waals surface area contributed by atoms with E-state index < -0.39 is 11.5 Å². The highest BCUT2D eigenvalue weighted by molar-refractivity contribution is 5.75. The Kier molecular flexibility index (Phi) is 2.59. The van der Waals surface area contributed by atoms with Gasteiger partial charge in [0.15, 0.2) is 5.54 Å². The fourth-order valence-electron chi connectivity index (χ4n) is 0.979. The summed E-state index contributed by atoms with van der Waals surface area (Å²) < 4.78 is 1.38. The third-order valence-electron chi connectivity index (χ3n) is 2.36. The highest BCUT2D eigenvalue weighted by Crippen LogP contribution is 2.21. The number of carbonyl (C=O) groups is 1. The summed E-state index contributed by atoms with van der Waals surface area (Å²) >= 11 is 0. The van der Waals surface area contributed by atoms with Crippen LogP contribution in [-0.4, -0.2) is 26.1 Å². The van der Waals surface area contributed by atoms with Crippen molar-refractivity contribution < 1.29 is 9.90 Å². The highest BCUT2D eigenvalue weighted by atomic mass is 16.4. The Bertz CT molecular complexity index is 374. The van der Waals surface area contributed by atoms with E-state index >= 15 is 0 Å². The summed E-state index contributed by atoms with van der Waals surface area (Å²) in [5, 5.41) is 16.9. The van der Waals surface area contributed by atoms with Crippen LogP contribution in [0, 0.1) is 0 Å². The molecule has 0 aliphatic heterocycles. The van der Waals surface area contributed by atoms with Crippen LogP contribution in [0.2, 0.25) is 0 Å². The second kappa shape index (κ2) is 3.32. The Labute approximate surface area is 89.1 Å². The summed E-state index contributed by atoms with van der Waals surface area (Å²) in [6.07, 6.45) is 1.69. The van der Waals surface area contributed by atoms with Crippen LogP contribution in [0.5, 0.6) is 0 Å². The van der Waals surface area contributed by atoms with Gasteiger partial charge in [-0.25, -0.2) is 9.48 Å². The maximum atomic E-state index is 11.0. The van der Waals surface area contributed by atoms with Gasteiger partial charge in [0.25, 0.3) is 0 Å². The molecule has 84 valence electrons. The van der Waals surface area contributed by atoms with Crippen molar-refractivity contribution in [2.75, 3.05) is 0 Å². The number of nitrogens with zero attached hydrogens (tertiary/aromatic N) is 3. The highest BCUT2D eigenvalue weighted by Gasteiger charge is 2.32. The molecule has 1 rings (SSSR count). The van der Waals surface area contributed by atoms with Crippen LogP contribution >= 0.6 is 0 Å². The summed E-state index contributed by atoms with van der Waals surface area (Å²) in [6.45, 7) is 9.21. The first-order valence-electron chi connectivity index (χ1n) is 4.82. The van der Waals surface area contributed by atoms with Gasteiger partial charge in [0.2, 0.25) is 0 Å². The molecule has 0 unspecified atom stereocenters. The SMILES string of the molecule is CC(C)(C)c1cn(C(C)(C)C(=O)O)nn1. The third kappa shape index (κ3) is 2.16. The fraction of sp³-hybridized carbons (Fsp3) is 0.700. The molecule has 0 saturated carbocycles. The Hall–Kier alpha value is -1.39. The van der Waals surface area contributed by atoms with Crippen molar-refractivity contribution in [3.8, 4) is 0 Å². The molecule has 0 aromatic carbocycles. The van der Waals surface area contributed by atoms with E-state index in [4.69, 9.17) is 5.11 Å². The lowest BCUT2D eigenvalue weighted by atomic mass is 9.93. The van der Waals surface area contributed by atoms with Crippen molar-refractivity contribution >= 4 is 5.97 Å². The van der Waals surface area contributed by atoms with E-state index in [1.165, 1.54) is 4.68 Å². The van der Waals surface area contributed by atoms with Gasteiger partial charge in [-0.05, 0) is 13.8 Å². The van der Waals surface area contributed by atoms with Crippen molar-refractivity contribution in [2.24, 2.45) is 0 Å². The normalized spacial score (nSPS) is 12.9. The molecule has 0 saturated heterocycles. The van der Waals surface area contributed by atoms with Crippen LogP contribution in [0.4, 0.5) is 0 Å². The molecule has 5 heteroatoms. The number of hydrogen-bond donors (Lipinski definition) is 1. The van der Waals surface area contributed by atoms with Crippen LogP contribution in [0.25, 0.3) is 0 Å². The van der Waals surface area contributed by atoms with Crippen molar-refractivity contribution in [3.05, 3.63) is 11.9 Å². The van der Waals surface area contributed by atoms with Gasteiger partial charge < -0.3 is 5.11 Å². The van der Waals surface area contributed by atoms with Gasteiger partial charge in [-0.3, -0.25) is 0 Å². The van der Waals surface area contributed by atoms with Crippen molar-refractivity contribution in [3.63, 3.8) is 0 Å². The number of carboxylic acid groups (broad SMARTS) is 1. The number of hydrogen-bond acceptors (Lipinski definition) is 3. The minimum Gasteiger partial charge on any atom is -0.479 e. The zero-order valence-corrected chi connectivity index (χ0v) is 9.77. The molecule has 0 amide bonds. The Balaban J connectivity index is 3.10. The van der Waals surface area contributed by atoms with E-state index in [0.717, 1.165) is 5.69 Å². The van der Waals surface area contributed by atoms with Crippen molar-refractivity contribution in [1.29, 1.82) is 0 Å². The molecule has 0 fully saturated rings. The lowest BCUT2D eigenvalue weighted by molar-refractivity contribution is -0.146. The second-order valence-corrected chi connectivity index (χ2v) is 5.16. The first-order chi connectivity index (χ1) is 6.65. The van der Waals surface area contributed by atoms with Crippen molar-refractivity contribution in [1.82, 2.24) is 15.0 Å². The van der Waals surface area contributed by atoms with Gasteiger partial charge in [-0.15, -0.1) is 5.10 Å². The number of rotatable bonds is 2. The van der Waals surface area contributed by atoms with Gasteiger partial charge >= 0.3 is 5.97 Å². The van der Waals surface area contributed by atoms with Gasteiger partial charge in [0, 0.05) is 5.41 Å². The zero-order valence-electron chi connectivity index (χ0n) is 9.77. The van der Waals surface area contributed by atoms with Gasteiger partial charge in [-0.2, -0.15) is 0 Å². The molecule has 0 bridgehead atoms. The molecule has 1 N–H and O–H groups in total. The van der Waals surface area contributed by atoms with Gasteiger partial charge in [0.1, 0.15) is 0 Å². The maximum absolute atomic E-state index is 11.0. The van der Waals surface area contributed by atoms with Crippen LogP contribution in [0.3, 0.4) is 0 Å². The summed E-state index contributed by atoms with van der Waals surface area (Å²) in [6, 6.07) is 0. The van der Waals surface area contributed by atoms with Crippen LogP contribution in [0.1, 0.15) is 40.3 Å². The van der Waals surface area contributed by atoms with E-state index in [2.05, 4.69) is 10.3 Å². The van der Waals surface area contributed by atoms with Crippen LogP contribution in [-0.2, 0) is 15.7 Å². The fourth-order valence-corrected chi connectivity index (χ4v) is 0.979. The van der Waals surface area contributed by atoms with E-state index in [9.17, 15) is 4.79 Å². The molecular formula is C10H17N3O2. The van der Waals surface area contributed by atoms with Gasteiger partial charge in [0.05, 0.1) is 11.9 Å². The molecule has 0 spiro atoms. The lowest BCUT2D eigenvalue weighted by Gasteiger charge is -2.19. The number of aliphatic carboxylic acids is 1. The average molecular weight is 211 g/mol. The molecule has 1 aromatic heterocycles.